The number of hydrogen-bond donors (Lipinski definition) is 0. The Balaban J connectivity index is 2.59. The Morgan fingerprint density at radius 1 is 1.67 bits per heavy atom. The van der Waals surface area contributed by atoms with E-state index in [1.165, 1.54) is 7.11 Å². The Labute approximate surface area is 117 Å². The number of halogens is 2. The van der Waals surface area contributed by atoms with Crippen molar-refractivity contribution in [2.75, 3.05) is 7.11 Å². The molecule has 18 heavy (non-hydrogen) atoms. The molecular formula is C11H11BrClN3O2. The van der Waals surface area contributed by atoms with Crippen molar-refractivity contribution < 1.29 is 9.53 Å². The summed E-state index contributed by atoms with van der Waals surface area (Å²) in [6.07, 6.45) is 1.65. The van der Waals surface area contributed by atoms with E-state index in [0.717, 1.165) is 4.47 Å². The summed E-state index contributed by atoms with van der Waals surface area (Å²) in [6, 6.07) is 1.83. The van der Waals surface area contributed by atoms with Crippen LogP contribution in [0.3, 0.4) is 0 Å². The first-order valence-corrected chi connectivity index (χ1v) is 6.48. The molecule has 1 atom stereocenters. The minimum Gasteiger partial charge on any atom is -0.468 e. The van der Waals surface area contributed by atoms with E-state index in [-0.39, 0.29) is 17.9 Å². The second-order valence-corrected chi connectivity index (χ2v) is 5.31. The van der Waals surface area contributed by atoms with Gasteiger partial charge in [0, 0.05) is 10.7 Å². The standard InChI is InChI=1S/C11H11BrClN3O2/c1-6(13)10-15-8-3-7(12)4-14-11(8)16(10)5-9(17)18-2/h3-4,6H,5H2,1-2H3. The lowest BCUT2D eigenvalue weighted by Gasteiger charge is -2.08. The molecule has 0 fully saturated rings. The van der Waals surface area contributed by atoms with E-state index < -0.39 is 0 Å². The van der Waals surface area contributed by atoms with Crippen LogP contribution in [0.2, 0.25) is 0 Å². The molecule has 0 aromatic carbocycles. The Bertz CT molecular complexity index is 597. The van der Waals surface area contributed by atoms with Gasteiger partial charge in [-0.2, -0.15) is 0 Å². The number of aromatic nitrogens is 3. The first-order chi connectivity index (χ1) is 8.52. The predicted molar refractivity (Wildman–Crippen MR) is 71.5 cm³/mol. The van der Waals surface area contributed by atoms with E-state index >= 15 is 0 Å². The number of nitrogens with zero attached hydrogens (tertiary/aromatic N) is 3. The van der Waals surface area contributed by atoms with E-state index in [0.29, 0.717) is 17.0 Å². The maximum atomic E-state index is 11.4. The van der Waals surface area contributed by atoms with E-state index in [9.17, 15) is 4.79 Å². The molecule has 7 heteroatoms. The van der Waals surface area contributed by atoms with Gasteiger partial charge >= 0.3 is 5.97 Å². The second kappa shape index (κ2) is 5.24. The molecule has 2 rings (SSSR count). The van der Waals surface area contributed by atoms with Crippen LogP contribution in [0.1, 0.15) is 18.1 Å². The van der Waals surface area contributed by atoms with Gasteiger partial charge < -0.3 is 9.30 Å². The highest BCUT2D eigenvalue weighted by Crippen LogP contribution is 2.25. The number of rotatable bonds is 3. The summed E-state index contributed by atoms with van der Waals surface area (Å²) in [6.45, 7) is 1.85. The monoisotopic (exact) mass is 331 g/mol. The third kappa shape index (κ3) is 2.49. The summed E-state index contributed by atoms with van der Waals surface area (Å²) >= 11 is 9.40. The summed E-state index contributed by atoms with van der Waals surface area (Å²) in [5.41, 5.74) is 1.31. The molecule has 0 aliphatic heterocycles. The normalized spacial score (nSPS) is 12.7. The van der Waals surface area contributed by atoms with Gasteiger partial charge in [-0.1, -0.05) is 0 Å². The van der Waals surface area contributed by atoms with Crippen LogP contribution in [0.25, 0.3) is 11.2 Å². The number of alkyl halides is 1. The maximum Gasteiger partial charge on any atom is 0.325 e. The number of fused-ring (bicyclic) bond motifs is 1. The van der Waals surface area contributed by atoms with Crippen LogP contribution in [0, 0.1) is 0 Å². The van der Waals surface area contributed by atoms with Crippen LogP contribution in [0.4, 0.5) is 0 Å². The molecule has 0 amide bonds. The van der Waals surface area contributed by atoms with Crippen LogP contribution in [-0.2, 0) is 16.1 Å². The quantitative estimate of drug-likeness (QED) is 0.640. The number of methoxy groups -OCH3 is 1. The Morgan fingerprint density at radius 3 is 3.00 bits per heavy atom. The van der Waals surface area contributed by atoms with E-state index in [1.54, 1.807) is 17.7 Å². The summed E-state index contributed by atoms with van der Waals surface area (Å²) in [5, 5.41) is -0.317. The highest BCUT2D eigenvalue weighted by Gasteiger charge is 2.18. The maximum absolute atomic E-state index is 11.4. The van der Waals surface area contributed by atoms with Crippen molar-refractivity contribution >= 4 is 44.7 Å². The Hall–Kier alpha value is -1.14. The Kier molecular flexibility index (Phi) is 3.87. The Morgan fingerprint density at radius 2 is 2.39 bits per heavy atom. The topological polar surface area (TPSA) is 57.0 Å². The van der Waals surface area contributed by atoms with Crippen LogP contribution < -0.4 is 0 Å². The van der Waals surface area contributed by atoms with Crippen molar-refractivity contribution in [1.29, 1.82) is 0 Å². The van der Waals surface area contributed by atoms with Gasteiger partial charge in [0.05, 0.1) is 12.5 Å². The van der Waals surface area contributed by atoms with Crippen LogP contribution in [0.5, 0.6) is 0 Å². The van der Waals surface area contributed by atoms with Crippen molar-refractivity contribution in [2.24, 2.45) is 0 Å². The molecule has 0 aliphatic carbocycles. The van der Waals surface area contributed by atoms with Gasteiger partial charge in [-0.25, -0.2) is 9.97 Å². The molecule has 0 N–H and O–H groups in total. The zero-order valence-corrected chi connectivity index (χ0v) is 12.2. The minimum atomic E-state index is -0.363. The lowest BCUT2D eigenvalue weighted by atomic mass is 10.4. The zero-order chi connectivity index (χ0) is 13.3. The molecule has 2 heterocycles. The lowest BCUT2D eigenvalue weighted by Crippen LogP contribution is -2.14. The molecule has 5 nitrogen and oxygen atoms in total. The number of hydrogen-bond acceptors (Lipinski definition) is 4. The predicted octanol–water partition coefficient (Wildman–Crippen LogP) is 2.67. The van der Waals surface area contributed by atoms with Crippen molar-refractivity contribution in [3.05, 3.63) is 22.6 Å². The summed E-state index contributed by atoms with van der Waals surface area (Å²) in [5.74, 6) is 0.236. The van der Waals surface area contributed by atoms with Crippen LogP contribution in [0.15, 0.2) is 16.7 Å². The summed E-state index contributed by atoms with van der Waals surface area (Å²) in [7, 11) is 1.34. The van der Waals surface area contributed by atoms with Gasteiger partial charge in [0.25, 0.3) is 0 Å². The van der Waals surface area contributed by atoms with Gasteiger partial charge in [0.15, 0.2) is 5.65 Å². The summed E-state index contributed by atoms with van der Waals surface area (Å²) < 4.78 is 7.16. The fourth-order valence-corrected chi connectivity index (χ4v) is 2.14. The lowest BCUT2D eigenvalue weighted by molar-refractivity contribution is -0.141. The van der Waals surface area contributed by atoms with Gasteiger partial charge in [0.2, 0.25) is 0 Å². The highest BCUT2D eigenvalue weighted by atomic mass is 79.9. The number of carbonyl (C=O) groups is 1. The van der Waals surface area contributed by atoms with E-state index in [1.807, 2.05) is 6.07 Å². The van der Waals surface area contributed by atoms with Gasteiger partial charge in [-0.05, 0) is 28.9 Å². The fraction of sp³-hybridized carbons (Fsp3) is 0.364. The molecule has 0 spiro atoms. The van der Waals surface area contributed by atoms with E-state index in [4.69, 9.17) is 11.6 Å². The average molecular weight is 333 g/mol. The first kappa shape index (κ1) is 13.3. The number of pyridine rings is 1. The van der Waals surface area contributed by atoms with Gasteiger partial charge in [-0.15, -0.1) is 11.6 Å². The molecule has 0 bridgehead atoms. The smallest absolute Gasteiger partial charge is 0.325 e. The molecule has 0 saturated carbocycles. The van der Waals surface area contributed by atoms with Crippen molar-refractivity contribution in [2.45, 2.75) is 18.8 Å². The average Bonchev–Trinajstić information content (AvgIpc) is 2.67. The molecule has 96 valence electrons. The molecule has 1 unspecified atom stereocenters. The zero-order valence-electron chi connectivity index (χ0n) is 9.85. The van der Waals surface area contributed by atoms with E-state index in [2.05, 4.69) is 30.6 Å². The second-order valence-electron chi connectivity index (χ2n) is 3.74. The number of carbonyl (C=O) groups excluding carboxylic acids is 1. The molecule has 2 aromatic heterocycles. The highest BCUT2D eigenvalue weighted by molar-refractivity contribution is 9.10. The molecule has 0 radical (unpaired) electrons. The number of imidazole rings is 1. The fourth-order valence-electron chi connectivity index (χ4n) is 1.66. The van der Waals surface area contributed by atoms with Gasteiger partial charge in [-0.3, -0.25) is 4.79 Å². The largest absolute Gasteiger partial charge is 0.468 e. The first-order valence-electron chi connectivity index (χ1n) is 5.25. The van der Waals surface area contributed by atoms with Crippen molar-refractivity contribution in [3.8, 4) is 0 Å². The van der Waals surface area contributed by atoms with Crippen molar-refractivity contribution in [1.82, 2.24) is 14.5 Å². The SMILES string of the molecule is COC(=O)Cn1c(C(C)Cl)nc2cc(Br)cnc21. The molecule has 0 aliphatic rings. The molecule has 0 saturated heterocycles. The molecular weight excluding hydrogens is 321 g/mol. The van der Waals surface area contributed by atoms with Crippen LogP contribution in [-0.4, -0.2) is 27.6 Å². The van der Waals surface area contributed by atoms with Crippen molar-refractivity contribution in [3.63, 3.8) is 0 Å². The minimum absolute atomic E-state index is 0.0496. The third-order valence-corrected chi connectivity index (χ3v) is 3.08. The number of ether oxygens (including phenoxy) is 1. The third-order valence-electron chi connectivity index (χ3n) is 2.45. The van der Waals surface area contributed by atoms with Crippen LogP contribution >= 0.6 is 27.5 Å². The summed E-state index contributed by atoms with van der Waals surface area (Å²) in [4.78, 5) is 20.1. The van der Waals surface area contributed by atoms with Gasteiger partial charge in [0.1, 0.15) is 17.9 Å². The number of esters is 1. The molecule has 2 aromatic rings.